The molecular formula is C6H15O3P. The summed E-state index contributed by atoms with van der Waals surface area (Å²) in [6.45, 7) is 3.12. The lowest BCUT2D eigenvalue weighted by Crippen LogP contribution is -2.13. The van der Waals surface area contributed by atoms with Gasteiger partial charge in [0.05, 0.1) is 19.9 Å². The number of rotatable bonds is 4. The summed E-state index contributed by atoms with van der Waals surface area (Å²) in [6, 6.07) is 0. The van der Waals surface area contributed by atoms with Crippen LogP contribution in [0.1, 0.15) is 6.42 Å². The molecule has 0 rings (SSSR count). The van der Waals surface area contributed by atoms with Crippen LogP contribution < -0.4 is 0 Å². The highest BCUT2D eigenvalue weighted by atomic mass is 31.2. The van der Waals surface area contributed by atoms with Gasteiger partial charge in [0.2, 0.25) is 0 Å². The van der Waals surface area contributed by atoms with Crippen molar-refractivity contribution in [1.82, 2.24) is 0 Å². The zero-order valence-electron chi connectivity index (χ0n) is 6.45. The Morgan fingerprint density at radius 2 is 2.00 bits per heavy atom. The molecule has 0 aliphatic heterocycles. The van der Waals surface area contributed by atoms with Gasteiger partial charge in [0.25, 0.3) is 0 Å². The summed E-state index contributed by atoms with van der Waals surface area (Å²) in [5, 5.41) is 17.2. The first-order chi connectivity index (χ1) is 4.45. The van der Waals surface area contributed by atoms with E-state index in [1.807, 2.05) is 0 Å². The fourth-order valence-corrected chi connectivity index (χ4v) is 1.47. The Kier molecular flexibility index (Phi) is 4.18. The molecule has 0 radical (unpaired) electrons. The van der Waals surface area contributed by atoms with Crippen LogP contribution in [0.3, 0.4) is 0 Å². The van der Waals surface area contributed by atoms with Crippen molar-refractivity contribution in [2.45, 2.75) is 12.5 Å². The highest BCUT2D eigenvalue weighted by Gasteiger charge is 2.10. The van der Waals surface area contributed by atoms with Crippen LogP contribution in [0.15, 0.2) is 0 Å². The van der Waals surface area contributed by atoms with Gasteiger partial charge >= 0.3 is 0 Å². The molecule has 0 heterocycles. The number of aliphatic hydroxyl groups is 2. The van der Waals surface area contributed by atoms with Crippen molar-refractivity contribution in [3.05, 3.63) is 0 Å². The lowest BCUT2D eigenvalue weighted by atomic mass is 10.3. The molecule has 0 fully saturated rings. The maximum absolute atomic E-state index is 11.0. The Morgan fingerprint density at radius 1 is 1.50 bits per heavy atom. The predicted molar refractivity (Wildman–Crippen MR) is 42.0 cm³/mol. The summed E-state index contributed by atoms with van der Waals surface area (Å²) in [5.74, 6) is 0. The maximum atomic E-state index is 11.0. The molecule has 10 heavy (non-hydrogen) atoms. The Balaban J connectivity index is 3.46. The van der Waals surface area contributed by atoms with Crippen molar-refractivity contribution >= 4 is 7.14 Å². The highest BCUT2D eigenvalue weighted by molar-refractivity contribution is 7.62. The molecule has 0 spiro atoms. The largest absolute Gasteiger partial charge is 0.394 e. The summed E-state index contributed by atoms with van der Waals surface area (Å²) in [6.07, 6.45) is 0.239. The van der Waals surface area contributed by atoms with Crippen molar-refractivity contribution in [3.8, 4) is 0 Å². The topological polar surface area (TPSA) is 57.5 Å². The zero-order chi connectivity index (χ0) is 8.20. The molecule has 0 aromatic carbocycles. The van der Waals surface area contributed by atoms with Crippen LogP contribution in [-0.4, -0.2) is 42.4 Å². The molecular weight excluding hydrogens is 151 g/mol. The van der Waals surface area contributed by atoms with E-state index in [1.54, 1.807) is 13.3 Å². The third kappa shape index (κ3) is 6.27. The van der Waals surface area contributed by atoms with E-state index in [1.165, 1.54) is 0 Å². The lowest BCUT2D eigenvalue weighted by Gasteiger charge is -2.08. The molecule has 4 heteroatoms. The van der Waals surface area contributed by atoms with E-state index >= 15 is 0 Å². The molecule has 0 aliphatic rings. The van der Waals surface area contributed by atoms with Crippen molar-refractivity contribution < 1.29 is 14.8 Å². The molecule has 0 bridgehead atoms. The zero-order valence-corrected chi connectivity index (χ0v) is 7.34. The van der Waals surface area contributed by atoms with Crippen molar-refractivity contribution in [2.24, 2.45) is 0 Å². The Hall–Kier alpha value is 0.150. The number of hydrogen-bond acceptors (Lipinski definition) is 3. The summed E-state index contributed by atoms with van der Waals surface area (Å²) in [7, 11) is -2.00. The van der Waals surface area contributed by atoms with Gasteiger partial charge in [-0.25, -0.2) is 0 Å². The Bertz CT molecular complexity index is 129. The lowest BCUT2D eigenvalue weighted by molar-refractivity contribution is 0.0928. The van der Waals surface area contributed by atoms with Crippen LogP contribution >= 0.6 is 7.14 Å². The van der Waals surface area contributed by atoms with Crippen molar-refractivity contribution in [1.29, 1.82) is 0 Å². The smallest absolute Gasteiger partial charge is 0.0820 e. The second kappa shape index (κ2) is 4.12. The molecule has 3 nitrogen and oxygen atoms in total. The average Bonchev–Trinajstić information content (AvgIpc) is 1.81. The minimum absolute atomic E-state index is 0.236. The van der Waals surface area contributed by atoms with E-state index in [4.69, 9.17) is 10.2 Å². The van der Waals surface area contributed by atoms with E-state index < -0.39 is 13.2 Å². The van der Waals surface area contributed by atoms with Crippen molar-refractivity contribution in [2.75, 3.05) is 26.1 Å². The molecule has 2 N–H and O–H groups in total. The van der Waals surface area contributed by atoms with Crippen LogP contribution in [0, 0.1) is 0 Å². The van der Waals surface area contributed by atoms with Gasteiger partial charge in [-0.1, -0.05) is 0 Å². The minimum atomic E-state index is -2.00. The molecule has 1 atom stereocenters. The first kappa shape index (κ1) is 10.2. The summed E-state index contributed by atoms with van der Waals surface area (Å²) in [5.41, 5.74) is 0. The standard InChI is InChI=1S/C6H15O3P/c1-10(2,9)4-3-6(8)5-7/h6-8H,3-5H2,1-2H3. The summed E-state index contributed by atoms with van der Waals surface area (Å²) >= 11 is 0. The van der Waals surface area contributed by atoms with Gasteiger partial charge in [0.1, 0.15) is 0 Å². The Labute approximate surface area is 61.4 Å². The molecule has 0 saturated carbocycles. The maximum Gasteiger partial charge on any atom is 0.0820 e. The number of aliphatic hydroxyl groups excluding tert-OH is 2. The van der Waals surface area contributed by atoms with E-state index in [9.17, 15) is 4.57 Å². The van der Waals surface area contributed by atoms with Gasteiger partial charge in [-0.15, -0.1) is 0 Å². The van der Waals surface area contributed by atoms with Gasteiger partial charge in [-0.2, -0.15) is 0 Å². The van der Waals surface area contributed by atoms with Crippen LogP contribution in [-0.2, 0) is 4.57 Å². The van der Waals surface area contributed by atoms with Gasteiger partial charge < -0.3 is 14.8 Å². The molecule has 1 unspecified atom stereocenters. The van der Waals surface area contributed by atoms with E-state index in [-0.39, 0.29) is 6.61 Å². The van der Waals surface area contributed by atoms with E-state index in [0.29, 0.717) is 12.6 Å². The quantitative estimate of drug-likeness (QED) is 0.592. The molecule has 0 amide bonds. The van der Waals surface area contributed by atoms with Gasteiger partial charge in [-0.3, -0.25) is 0 Å². The third-order valence-electron chi connectivity index (χ3n) is 1.21. The summed E-state index contributed by atoms with van der Waals surface area (Å²) in [4.78, 5) is 0. The minimum Gasteiger partial charge on any atom is -0.394 e. The van der Waals surface area contributed by atoms with E-state index in [2.05, 4.69) is 0 Å². The molecule has 0 aromatic rings. The predicted octanol–water partition coefficient (Wildman–Crippen LogP) is 0.352. The molecule has 0 saturated heterocycles. The summed E-state index contributed by atoms with van der Waals surface area (Å²) < 4.78 is 11.0. The normalized spacial score (nSPS) is 15.2. The van der Waals surface area contributed by atoms with Gasteiger partial charge in [-0.05, 0) is 19.8 Å². The number of hydrogen-bond donors (Lipinski definition) is 2. The van der Waals surface area contributed by atoms with Crippen LogP contribution in [0.5, 0.6) is 0 Å². The van der Waals surface area contributed by atoms with Crippen molar-refractivity contribution in [3.63, 3.8) is 0 Å². The SMILES string of the molecule is CP(C)(=O)CCC(O)CO. The van der Waals surface area contributed by atoms with Gasteiger partial charge in [0.15, 0.2) is 0 Å². The highest BCUT2D eigenvalue weighted by Crippen LogP contribution is 2.36. The van der Waals surface area contributed by atoms with E-state index in [0.717, 1.165) is 0 Å². The molecule has 0 aromatic heterocycles. The van der Waals surface area contributed by atoms with Gasteiger partial charge in [0, 0.05) is 6.16 Å². The monoisotopic (exact) mass is 166 g/mol. The average molecular weight is 166 g/mol. The fourth-order valence-electron chi connectivity index (χ4n) is 0.551. The van der Waals surface area contributed by atoms with Crippen LogP contribution in [0.2, 0.25) is 0 Å². The van der Waals surface area contributed by atoms with Crippen LogP contribution in [0.4, 0.5) is 0 Å². The second-order valence-corrected chi connectivity index (χ2v) is 6.52. The first-order valence-corrected chi connectivity index (χ1v) is 6.07. The fraction of sp³-hybridized carbons (Fsp3) is 1.00. The third-order valence-corrected chi connectivity index (χ3v) is 2.55. The molecule has 62 valence electrons. The first-order valence-electron chi connectivity index (χ1n) is 3.28. The molecule has 0 aliphatic carbocycles. The van der Waals surface area contributed by atoms with Crippen LogP contribution in [0.25, 0.3) is 0 Å². The second-order valence-electron chi connectivity index (χ2n) is 2.92. The Morgan fingerprint density at radius 3 is 2.30 bits per heavy atom.